The monoisotopic (exact) mass is 1010 g/mol. The zero-order valence-corrected chi connectivity index (χ0v) is 47.6. The van der Waals surface area contributed by atoms with Gasteiger partial charge in [0.15, 0.2) is 6.10 Å². The second kappa shape index (κ2) is 60.6. The molecule has 0 bridgehead atoms. The third kappa shape index (κ3) is 58.8. The molecular weight excluding hydrogens is 901 g/mol. The highest BCUT2D eigenvalue weighted by Gasteiger charge is 2.19. The lowest BCUT2D eigenvalue weighted by atomic mass is 10.1. The zero-order chi connectivity index (χ0) is 52.9. The molecule has 0 radical (unpaired) electrons. The van der Waals surface area contributed by atoms with Gasteiger partial charge in [0.1, 0.15) is 13.2 Å². The molecule has 0 fully saturated rings. The number of hydrogen-bond donors (Lipinski definition) is 0. The first kappa shape index (κ1) is 69.1. The van der Waals surface area contributed by atoms with Crippen LogP contribution in [0.25, 0.3) is 0 Å². The van der Waals surface area contributed by atoms with E-state index < -0.39 is 6.10 Å². The van der Waals surface area contributed by atoms with Gasteiger partial charge < -0.3 is 14.2 Å². The highest BCUT2D eigenvalue weighted by Crippen LogP contribution is 2.15. The number of rotatable bonds is 54. The van der Waals surface area contributed by atoms with Gasteiger partial charge in [-0.1, -0.05) is 259 Å². The van der Waals surface area contributed by atoms with E-state index in [4.69, 9.17) is 14.2 Å². The molecule has 0 aliphatic heterocycles. The summed E-state index contributed by atoms with van der Waals surface area (Å²) < 4.78 is 16.8. The Morgan fingerprint density at radius 2 is 0.534 bits per heavy atom. The van der Waals surface area contributed by atoms with E-state index >= 15 is 0 Å². The molecule has 1 unspecified atom stereocenters. The zero-order valence-electron chi connectivity index (χ0n) is 47.6. The molecule has 416 valence electrons. The summed E-state index contributed by atoms with van der Waals surface area (Å²) in [5.41, 5.74) is 0. The molecule has 0 aliphatic rings. The van der Waals surface area contributed by atoms with Gasteiger partial charge in [0.2, 0.25) is 0 Å². The molecule has 0 saturated heterocycles. The minimum Gasteiger partial charge on any atom is -0.462 e. The second-order valence-corrected chi connectivity index (χ2v) is 19.9. The van der Waals surface area contributed by atoms with Crippen molar-refractivity contribution >= 4 is 17.9 Å². The Labute approximate surface area is 450 Å². The summed E-state index contributed by atoms with van der Waals surface area (Å²) in [4.78, 5) is 38.0. The van der Waals surface area contributed by atoms with Crippen molar-refractivity contribution in [2.75, 3.05) is 13.2 Å². The van der Waals surface area contributed by atoms with E-state index in [1.54, 1.807) is 0 Å². The van der Waals surface area contributed by atoms with Crippen molar-refractivity contribution in [2.24, 2.45) is 0 Å². The van der Waals surface area contributed by atoms with Crippen molar-refractivity contribution in [1.29, 1.82) is 0 Å². The summed E-state index contributed by atoms with van der Waals surface area (Å²) in [5.74, 6) is -0.919. The van der Waals surface area contributed by atoms with Gasteiger partial charge in [0.05, 0.1) is 0 Å². The first-order valence-corrected chi connectivity index (χ1v) is 30.4. The third-order valence-corrected chi connectivity index (χ3v) is 12.8. The minimum absolute atomic E-state index is 0.0867. The maximum atomic E-state index is 12.8. The first-order chi connectivity index (χ1) is 36.0. The normalized spacial score (nSPS) is 12.9. The highest BCUT2D eigenvalue weighted by atomic mass is 16.6. The van der Waals surface area contributed by atoms with Gasteiger partial charge in [0, 0.05) is 19.3 Å². The number of esters is 3. The number of unbranched alkanes of at least 4 members (excludes halogenated alkanes) is 25. The van der Waals surface area contributed by atoms with Crippen LogP contribution in [0, 0.1) is 0 Å². The Morgan fingerprint density at radius 1 is 0.288 bits per heavy atom. The van der Waals surface area contributed by atoms with Crippen LogP contribution in [0.5, 0.6) is 0 Å². The van der Waals surface area contributed by atoms with E-state index in [1.807, 2.05) is 0 Å². The quantitative estimate of drug-likeness (QED) is 0.0261. The molecule has 6 nitrogen and oxygen atoms in total. The Bertz CT molecular complexity index is 1490. The van der Waals surface area contributed by atoms with Crippen LogP contribution in [-0.4, -0.2) is 37.2 Å². The molecule has 1 atom stereocenters. The number of carbonyl (C=O) groups is 3. The Hall–Kier alpha value is -3.93. The summed E-state index contributed by atoms with van der Waals surface area (Å²) in [6.07, 6.45) is 82.5. The molecule has 0 aliphatic carbocycles. The van der Waals surface area contributed by atoms with Gasteiger partial charge in [-0.25, -0.2) is 0 Å². The van der Waals surface area contributed by atoms with E-state index in [0.717, 1.165) is 122 Å². The Morgan fingerprint density at radius 3 is 0.849 bits per heavy atom. The van der Waals surface area contributed by atoms with Crippen LogP contribution >= 0.6 is 0 Å². The Kier molecular flexibility index (Phi) is 57.4. The number of ether oxygens (including phenoxy) is 3. The van der Waals surface area contributed by atoms with Gasteiger partial charge in [-0.3, -0.25) is 14.4 Å². The summed E-state index contributed by atoms with van der Waals surface area (Å²) in [7, 11) is 0. The molecule has 0 aromatic carbocycles. The molecule has 0 aromatic rings. The molecule has 0 aromatic heterocycles. The van der Waals surface area contributed by atoms with Gasteiger partial charge in [0.25, 0.3) is 0 Å². The molecule has 0 saturated carbocycles. The van der Waals surface area contributed by atoms with Gasteiger partial charge in [-0.15, -0.1) is 0 Å². The lowest BCUT2D eigenvalue weighted by Crippen LogP contribution is -2.30. The molecule has 0 heterocycles. The van der Waals surface area contributed by atoms with Gasteiger partial charge in [-0.2, -0.15) is 0 Å². The average Bonchev–Trinajstić information content (AvgIpc) is 3.39. The van der Waals surface area contributed by atoms with E-state index in [2.05, 4.69) is 130 Å². The Balaban J connectivity index is 4.24. The molecular formula is C67H112O6. The van der Waals surface area contributed by atoms with Crippen molar-refractivity contribution in [3.8, 4) is 0 Å². The SMILES string of the molecule is CC/C=C\C/C=C\C/C=C\C/C=C\C/C=C\C/C=C\C/C=C\C/C=C\CCCCCCC(=O)OCC(COC(=O)CCCCCCCCC)OC(=O)CCCCCCCCCCC/C=C\CCCCCCCC. The minimum atomic E-state index is -0.788. The van der Waals surface area contributed by atoms with Crippen LogP contribution in [-0.2, 0) is 28.6 Å². The topological polar surface area (TPSA) is 78.9 Å². The highest BCUT2D eigenvalue weighted by molar-refractivity contribution is 5.71. The van der Waals surface area contributed by atoms with Crippen molar-refractivity contribution in [1.82, 2.24) is 0 Å². The van der Waals surface area contributed by atoms with Crippen LogP contribution in [0.3, 0.4) is 0 Å². The van der Waals surface area contributed by atoms with Crippen molar-refractivity contribution < 1.29 is 28.6 Å². The molecule has 0 N–H and O–H groups in total. The molecule has 73 heavy (non-hydrogen) atoms. The molecule has 6 heteroatoms. The van der Waals surface area contributed by atoms with Crippen LogP contribution < -0.4 is 0 Å². The maximum Gasteiger partial charge on any atom is 0.306 e. The van der Waals surface area contributed by atoms with Crippen LogP contribution in [0.4, 0.5) is 0 Å². The predicted molar refractivity (Wildman–Crippen MR) is 316 cm³/mol. The first-order valence-electron chi connectivity index (χ1n) is 30.4. The van der Waals surface area contributed by atoms with Gasteiger partial charge in [-0.05, 0) is 109 Å². The van der Waals surface area contributed by atoms with Crippen LogP contribution in [0.2, 0.25) is 0 Å². The fraction of sp³-hybridized carbons (Fsp3) is 0.687. The average molecular weight is 1010 g/mol. The summed E-state index contributed by atoms with van der Waals surface area (Å²) in [6.45, 7) is 6.46. The third-order valence-electron chi connectivity index (χ3n) is 12.8. The molecule has 0 rings (SSSR count). The largest absolute Gasteiger partial charge is 0.462 e. The standard InChI is InChI=1S/C67H112O6/c1-4-7-10-13-16-18-20-22-24-26-28-29-30-31-32-33-34-35-36-37-39-40-42-44-46-48-51-54-57-60-66(69)72-63-64(62-71-65(68)59-56-53-50-15-12-9-6-3)73-67(70)61-58-55-52-49-47-45-43-41-38-27-25-23-21-19-17-14-11-8-5-2/h7,10,16,18,22-25,28-29,31-32,34-35,37,39,42,44,64H,4-6,8-9,11-15,17,19-21,26-27,30,33,36,38,40-41,43,45-63H2,1-3H3/b10-7-,18-16-,24-22-,25-23-,29-28-,32-31-,35-34-,39-37-,44-42-. The van der Waals surface area contributed by atoms with E-state index in [0.29, 0.717) is 19.3 Å². The lowest BCUT2D eigenvalue weighted by Gasteiger charge is -2.18. The van der Waals surface area contributed by atoms with Crippen molar-refractivity contribution in [3.05, 3.63) is 109 Å². The second-order valence-electron chi connectivity index (χ2n) is 19.9. The lowest BCUT2D eigenvalue weighted by molar-refractivity contribution is -0.167. The fourth-order valence-electron chi connectivity index (χ4n) is 8.22. The van der Waals surface area contributed by atoms with Crippen LogP contribution in [0.15, 0.2) is 109 Å². The summed E-state index contributed by atoms with van der Waals surface area (Å²) >= 11 is 0. The van der Waals surface area contributed by atoms with E-state index in [-0.39, 0.29) is 31.1 Å². The number of hydrogen-bond acceptors (Lipinski definition) is 6. The van der Waals surface area contributed by atoms with Gasteiger partial charge >= 0.3 is 17.9 Å². The van der Waals surface area contributed by atoms with Crippen molar-refractivity contribution in [3.63, 3.8) is 0 Å². The van der Waals surface area contributed by atoms with Crippen molar-refractivity contribution in [2.45, 2.75) is 284 Å². The molecule has 0 spiro atoms. The van der Waals surface area contributed by atoms with E-state index in [1.165, 1.54) is 116 Å². The maximum absolute atomic E-state index is 12.8. The summed E-state index contributed by atoms with van der Waals surface area (Å²) in [6, 6.07) is 0. The van der Waals surface area contributed by atoms with E-state index in [9.17, 15) is 14.4 Å². The van der Waals surface area contributed by atoms with Crippen LogP contribution in [0.1, 0.15) is 278 Å². The summed E-state index contributed by atoms with van der Waals surface area (Å²) in [5, 5.41) is 0. The predicted octanol–water partition coefficient (Wildman–Crippen LogP) is 20.7. The molecule has 0 amide bonds. The number of allylic oxidation sites excluding steroid dienone is 18. The smallest absolute Gasteiger partial charge is 0.306 e. The fourth-order valence-corrected chi connectivity index (χ4v) is 8.22. The number of carbonyl (C=O) groups excluding carboxylic acids is 3.